The van der Waals surface area contributed by atoms with E-state index in [4.69, 9.17) is 4.98 Å². The van der Waals surface area contributed by atoms with Gasteiger partial charge in [0, 0.05) is 36.8 Å². The minimum atomic E-state index is -0.741. The van der Waals surface area contributed by atoms with Gasteiger partial charge in [-0.2, -0.15) is 0 Å². The molecule has 1 spiro atoms. The molecule has 0 N–H and O–H groups in total. The predicted molar refractivity (Wildman–Crippen MR) is 127 cm³/mol. The molecule has 0 atom stereocenters. The third kappa shape index (κ3) is 4.05. The number of pyridine rings is 1. The number of amides is 3. The zero-order chi connectivity index (χ0) is 22.8. The normalized spacial score (nSPS) is 18.5. The zero-order valence-electron chi connectivity index (χ0n) is 18.7. The first-order valence-electron chi connectivity index (χ1n) is 11.4. The van der Waals surface area contributed by atoms with Crippen LogP contribution in [0.3, 0.4) is 0 Å². The van der Waals surface area contributed by atoms with E-state index in [0.29, 0.717) is 19.4 Å². The minimum absolute atomic E-state index is 0.0831. The first-order chi connectivity index (χ1) is 16.1. The molecule has 0 aliphatic carbocycles. The average molecular weight is 462 g/mol. The van der Waals surface area contributed by atoms with Crippen molar-refractivity contribution >= 4 is 23.3 Å². The molecule has 0 radical (unpaired) electrons. The molecule has 3 amide bonds. The predicted octanol–water partition coefficient (Wildman–Crippen LogP) is 4.02. The molecule has 2 fully saturated rings. The van der Waals surface area contributed by atoms with Gasteiger partial charge in [-0.15, -0.1) is 11.3 Å². The molecule has 1 aromatic carbocycles. The molecule has 2 aromatic heterocycles. The van der Waals surface area contributed by atoms with Crippen molar-refractivity contribution in [1.82, 2.24) is 24.7 Å². The van der Waals surface area contributed by atoms with Crippen molar-refractivity contribution in [2.45, 2.75) is 38.4 Å². The Morgan fingerprint density at radius 1 is 1.00 bits per heavy atom. The summed E-state index contributed by atoms with van der Waals surface area (Å²) < 4.78 is 0. The lowest BCUT2D eigenvalue weighted by Crippen LogP contribution is -2.56. The fourth-order valence-electron chi connectivity index (χ4n) is 4.89. The van der Waals surface area contributed by atoms with E-state index in [2.05, 4.69) is 27.4 Å². The zero-order valence-corrected chi connectivity index (χ0v) is 19.5. The summed E-state index contributed by atoms with van der Waals surface area (Å²) in [6.07, 6.45) is 2.97. The Morgan fingerprint density at radius 3 is 2.45 bits per heavy atom. The van der Waals surface area contributed by atoms with Crippen LogP contribution in [0.2, 0.25) is 0 Å². The summed E-state index contributed by atoms with van der Waals surface area (Å²) in [7, 11) is 0. The van der Waals surface area contributed by atoms with Gasteiger partial charge in [0.15, 0.2) is 0 Å². The lowest BCUT2D eigenvalue weighted by Gasteiger charge is -2.41. The van der Waals surface area contributed by atoms with Crippen LogP contribution in [-0.4, -0.2) is 61.8 Å². The number of urea groups is 1. The molecule has 2 saturated heterocycles. The second kappa shape index (κ2) is 9.03. The van der Waals surface area contributed by atoms with Gasteiger partial charge in [0.25, 0.3) is 5.91 Å². The summed E-state index contributed by atoms with van der Waals surface area (Å²) in [5, 5.41) is 3.17. The monoisotopic (exact) mass is 461 g/mol. The maximum absolute atomic E-state index is 13.5. The van der Waals surface area contributed by atoms with Gasteiger partial charge in [-0.3, -0.25) is 19.6 Å². The first-order valence-corrected chi connectivity index (χ1v) is 12.2. The highest BCUT2D eigenvalue weighted by Gasteiger charge is 2.57. The Labute approximate surface area is 197 Å². The summed E-state index contributed by atoms with van der Waals surface area (Å²) in [5.41, 5.74) is 2.11. The summed E-state index contributed by atoms with van der Waals surface area (Å²) >= 11 is 1.67. The van der Waals surface area contributed by atoms with Crippen LogP contribution in [0.25, 0.3) is 11.3 Å². The van der Waals surface area contributed by atoms with Crippen LogP contribution in [0.4, 0.5) is 4.79 Å². The van der Waals surface area contributed by atoms with Gasteiger partial charge in [0.05, 0.1) is 24.5 Å². The van der Waals surface area contributed by atoms with Gasteiger partial charge in [-0.1, -0.05) is 36.4 Å². The van der Waals surface area contributed by atoms with Gasteiger partial charge in [-0.25, -0.2) is 9.78 Å². The Hall–Kier alpha value is -3.10. The molecule has 2 aliphatic heterocycles. The van der Waals surface area contributed by atoms with Crippen molar-refractivity contribution in [1.29, 1.82) is 0 Å². The number of carbonyl (C=O) groups is 2. The maximum atomic E-state index is 13.5. The van der Waals surface area contributed by atoms with Crippen LogP contribution in [0, 0.1) is 0 Å². The molecule has 3 aromatic rings. The van der Waals surface area contributed by atoms with Crippen molar-refractivity contribution in [2.75, 3.05) is 19.6 Å². The van der Waals surface area contributed by atoms with Crippen LogP contribution >= 0.6 is 11.3 Å². The van der Waals surface area contributed by atoms with Crippen molar-refractivity contribution in [2.24, 2.45) is 0 Å². The van der Waals surface area contributed by atoms with Crippen LogP contribution in [0.1, 0.15) is 30.5 Å². The van der Waals surface area contributed by atoms with E-state index in [9.17, 15) is 9.59 Å². The Kier molecular flexibility index (Phi) is 5.95. The number of nitrogens with zero attached hydrogens (tertiary/aromatic N) is 5. The fourth-order valence-corrected chi connectivity index (χ4v) is 5.74. The number of aromatic nitrogens is 2. The number of likely N-dealkylation sites (N-methyl/N-ethyl adjacent to an activating group) is 1. The van der Waals surface area contributed by atoms with E-state index in [1.807, 2.05) is 43.3 Å². The standard InChI is InChI=1S/C25H27N5O2S/c1-2-30-24(32)29(16-20-10-6-7-13-26-20)23(31)25(30)11-14-28(15-12-25)17-22-27-21(18-33-22)19-8-4-3-5-9-19/h3-10,13,18H,2,11-12,14-17H2,1H3. The summed E-state index contributed by atoms with van der Waals surface area (Å²) in [5.74, 6) is -0.0831. The Bertz CT molecular complexity index is 1130. The van der Waals surface area contributed by atoms with E-state index in [1.54, 1.807) is 22.4 Å². The molecule has 0 unspecified atom stereocenters. The molecule has 170 valence electrons. The van der Waals surface area contributed by atoms with Crippen molar-refractivity contribution in [3.63, 3.8) is 0 Å². The molecule has 33 heavy (non-hydrogen) atoms. The van der Waals surface area contributed by atoms with E-state index in [0.717, 1.165) is 41.6 Å². The second-order valence-electron chi connectivity index (χ2n) is 8.54. The van der Waals surface area contributed by atoms with E-state index < -0.39 is 5.54 Å². The van der Waals surface area contributed by atoms with Crippen molar-refractivity contribution in [3.05, 3.63) is 70.8 Å². The Morgan fingerprint density at radius 2 is 1.76 bits per heavy atom. The molecular formula is C25H27N5O2S. The largest absolute Gasteiger partial charge is 0.328 e. The molecule has 0 bridgehead atoms. The molecular weight excluding hydrogens is 434 g/mol. The third-order valence-corrected chi connectivity index (χ3v) is 7.48. The minimum Gasteiger partial charge on any atom is -0.310 e. The number of carbonyl (C=O) groups excluding carboxylic acids is 2. The van der Waals surface area contributed by atoms with Gasteiger partial charge >= 0.3 is 6.03 Å². The number of hydrogen-bond acceptors (Lipinski definition) is 6. The lowest BCUT2D eigenvalue weighted by molar-refractivity contribution is -0.136. The van der Waals surface area contributed by atoms with Gasteiger partial charge in [0.2, 0.25) is 0 Å². The van der Waals surface area contributed by atoms with Gasteiger partial charge < -0.3 is 4.90 Å². The smallest absolute Gasteiger partial charge is 0.310 e. The fraction of sp³-hybridized carbons (Fsp3) is 0.360. The van der Waals surface area contributed by atoms with E-state index in [1.165, 1.54) is 4.90 Å². The van der Waals surface area contributed by atoms with Crippen molar-refractivity contribution in [3.8, 4) is 11.3 Å². The molecule has 5 rings (SSSR count). The summed E-state index contributed by atoms with van der Waals surface area (Å²) in [4.78, 5) is 41.2. The Balaban J connectivity index is 1.26. The number of thiazole rings is 1. The number of hydrogen-bond donors (Lipinski definition) is 0. The van der Waals surface area contributed by atoms with Crippen LogP contribution < -0.4 is 0 Å². The molecule has 8 heteroatoms. The van der Waals surface area contributed by atoms with E-state index in [-0.39, 0.29) is 18.5 Å². The number of piperidine rings is 1. The van der Waals surface area contributed by atoms with Gasteiger partial charge in [-0.05, 0) is 31.9 Å². The maximum Gasteiger partial charge on any atom is 0.328 e. The lowest BCUT2D eigenvalue weighted by atomic mass is 9.86. The topological polar surface area (TPSA) is 69.6 Å². The van der Waals surface area contributed by atoms with Crippen LogP contribution in [0.15, 0.2) is 60.1 Å². The molecule has 7 nitrogen and oxygen atoms in total. The second-order valence-corrected chi connectivity index (χ2v) is 9.48. The van der Waals surface area contributed by atoms with Crippen LogP contribution in [-0.2, 0) is 17.9 Å². The highest BCUT2D eigenvalue weighted by atomic mass is 32.1. The molecule has 2 aliphatic rings. The quantitative estimate of drug-likeness (QED) is 0.519. The van der Waals surface area contributed by atoms with Crippen LogP contribution in [0.5, 0.6) is 0 Å². The first kappa shape index (κ1) is 21.7. The highest BCUT2D eigenvalue weighted by molar-refractivity contribution is 7.09. The van der Waals surface area contributed by atoms with Crippen molar-refractivity contribution < 1.29 is 9.59 Å². The third-order valence-electron chi connectivity index (χ3n) is 6.65. The van der Waals surface area contributed by atoms with Gasteiger partial charge in [0.1, 0.15) is 10.5 Å². The number of rotatable bonds is 6. The SMILES string of the molecule is CCN1C(=O)N(Cc2ccccn2)C(=O)C12CCN(Cc1nc(-c3ccccc3)cs1)CC2. The average Bonchev–Trinajstić information content (AvgIpc) is 3.39. The number of likely N-dealkylation sites (tertiary alicyclic amines) is 1. The van der Waals surface area contributed by atoms with E-state index >= 15 is 0 Å². The highest BCUT2D eigenvalue weighted by Crippen LogP contribution is 2.38. The number of benzene rings is 1. The summed E-state index contributed by atoms with van der Waals surface area (Å²) in [6, 6.07) is 15.6. The molecule has 4 heterocycles. The summed E-state index contributed by atoms with van der Waals surface area (Å²) in [6.45, 7) is 4.97. The molecule has 0 saturated carbocycles. The number of imide groups is 1.